The Morgan fingerprint density at radius 1 is 1.13 bits per heavy atom. The number of halogens is 2. The molecule has 0 spiro atoms. The first kappa shape index (κ1) is 28.1. The largest absolute Gasteiger partial charge is 0.486 e. The van der Waals surface area contributed by atoms with E-state index in [0.717, 1.165) is 77.8 Å². The van der Waals surface area contributed by atoms with Crippen LogP contribution < -0.4 is 9.47 Å². The molecule has 2 aromatic heterocycles. The number of aromatic amines is 1. The summed E-state index contributed by atoms with van der Waals surface area (Å²) < 4.78 is 26.7. The number of hydrogen-bond acceptors (Lipinski definition) is 4. The van der Waals surface area contributed by atoms with Crippen molar-refractivity contribution in [2.24, 2.45) is 5.92 Å². The van der Waals surface area contributed by atoms with Gasteiger partial charge in [-0.25, -0.2) is 4.39 Å². The molecule has 0 amide bonds. The van der Waals surface area contributed by atoms with E-state index < -0.39 is 0 Å². The van der Waals surface area contributed by atoms with Gasteiger partial charge in [0, 0.05) is 46.8 Å². The molecule has 1 unspecified atom stereocenters. The molecule has 2 aromatic carbocycles. The van der Waals surface area contributed by atoms with Crippen LogP contribution in [0.5, 0.6) is 11.5 Å². The Morgan fingerprint density at radius 2 is 1.97 bits per heavy atom. The van der Waals surface area contributed by atoms with Crippen LogP contribution in [0.1, 0.15) is 43.6 Å². The standard InChI is InChI=1S/C30H34FN3O2.ClH.H2O/c1-4-19(3)34(15-20-6-9-27-24(13-20)25-14-21(31)7-10-28(25)33-27)16-22-17-35-29-12-11-26-23(30(29)36-22)8-5-18(2)32-26;;/h5,7-8,10-12,14,19-20,22,33H,4,6,9,13,15-17H2,1-3H3;1H;1H2/t19?,20-,22+;;/m1../s1. The lowest BCUT2D eigenvalue weighted by Gasteiger charge is -2.37. The van der Waals surface area contributed by atoms with Crippen LogP contribution in [-0.2, 0) is 12.8 Å². The van der Waals surface area contributed by atoms with Crippen LogP contribution in [0.15, 0.2) is 42.5 Å². The van der Waals surface area contributed by atoms with Gasteiger partial charge in [-0.2, -0.15) is 0 Å². The summed E-state index contributed by atoms with van der Waals surface area (Å²) >= 11 is 0. The lowest BCUT2D eigenvalue weighted by atomic mass is 9.85. The second-order valence-electron chi connectivity index (χ2n) is 10.6. The van der Waals surface area contributed by atoms with E-state index >= 15 is 0 Å². The number of hydrogen-bond donors (Lipinski definition) is 1. The SMILES string of the molecule is CCC(C)N(C[C@@H]1CCc2[nH]c3ccc(F)cc3c2C1)C[C@H]1COc2ccc3nc(C)ccc3c2O1.Cl.O. The van der Waals surface area contributed by atoms with Gasteiger partial charge in [-0.1, -0.05) is 6.92 Å². The highest BCUT2D eigenvalue weighted by Gasteiger charge is 2.30. The molecule has 0 radical (unpaired) electrons. The van der Waals surface area contributed by atoms with Gasteiger partial charge in [0.2, 0.25) is 0 Å². The van der Waals surface area contributed by atoms with Crippen molar-refractivity contribution < 1.29 is 19.3 Å². The number of nitrogens with zero attached hydrogens (tertiary/aromatic N) is 2. The molecule has 6 rings (SSSR count). The van der Waals surface area contributed by atoms with E-state index in [2.05, 4.69) is 34.8 Å². The fourth-order valence-electron chi connectivity index (χ4n) is 5.87. The van der Waals surface area contributed by atoms with E-state index in [1.807, 2.05) is 31.2 Å². The van der Waals surface area contributed by atoms with Gasteiger partial charge in [0.25, 0.3) is 0 Å². The fraction of sp³-hybridized carbons (Fsp3) is 0.433. The Hall–Kier alpha value is -2.87. The highest BCUT2D eigenvalue weighted by Crippen LogP contribution is 2.39. The second-order valence-corrected chi connectivity index (χ2v) is 10.6. The van der Waals surface area contributed by atoms with Gasteiger partial charge in [-0.05, 0) is 93.5 Å². The summed E-state index contributed by atoms with van der Waals surface area (Å²) in [5, 5.41) is 2.05. The minimum atomic E-state index is -0.166. The Kier molecular flexibility index (Phi) is 8.50. The summed E-state index contributed by atoms with van der Waals surface area (Å²) in [5.74, 6) is 1.97. The van der Waals surface area contributed by atoms with Crippen molar-refractivity contribution in [3.8, 4) is 11.5 Å². The summed E-state index contributed by atoms with van der Waals surface area (Å²) in [4.78, 5) is 10.7. The average Bonchev–Trinajstić information content (AvgIpc) is 3.24. The van der Waals surface area contributed by atoms with E-state index in [1.165, 1.54) is 17.3 Å². The summed E-state index contributed by atoms with van der Waals surface area (Å²) in [6.45, 7) is 8.91. The van der Waals surface area contributed by atoms with Gasteiger partial charge in [0.1, 0.15) is 18.5 Å². The van der Waals surface area contributed by atoms with E-state index in [4.69, 9.17) is 9.47 Å². The minimum Gasteiger partial charge on any atom is -0.486 e. The number of H-pyrrole nitrogens is 1. The van der Waals surface area contributed by atoms with Crippen LogP contribution in [0.4, 0.5) is 4.39 Å². The predicted octanol–water partition coefficient (Wildman–Crippen LogP) is 5.81. The third kappa shape index (κ3) is 5.33. The molecule has 3 heterocycles. The highest BCUT2D eigenvalue weighted by atomic mass is 35.5. The number of nitrogens with one attached hydrogen (secondary N) is 1. The number of pyridine rings is 1. The molecule has 2 aliphatic rings. The lowest BCUT2D eigenvalue weighted by molar-refractivity contribution is 0.0410. The normalized spacial score (nSPS) is 19.1. The molecule has 204 valence electrons. The summed E-state index contributed by atoms with van der Waals surface area (Å²) in [5.41, 5.74) is 5.55. The number of ether oxygens (including phenoxy) is 2. The number of benzene rings is 2. The molecule has 3 N–H and O–H groups in total. The molecule has 0 bridgehead atoms. The zero-order valence-electron chi connectivity index (χ0n) is 22.2. The third-order valence-corrected chi connectivity index (χ3v) is 8.03. The summed E-state index contributed by atoms with van der Waals surface area (Å²) in [7, 11) is 0. The molecular formula is C30H37ClFN3O3. The number of aromatic nitrogens is 2. The third-order valence-electron chi connectivity index (χ3n) is 8.03. The smallest absolute Gasteiger partial charge is 0.171 e. The van der Waals surface area contributed by atoms with Crippen LogP contribution in [0, 0.1) is 18.7 Å². The monoisotopic (exact) mass is 541 g/mol. The Labute approximate surface area is 229 Å². The van der Waals surface area contributed by atoms with Crippen LogP contribution >= 0.6 is 12.4 Å². The van der Waals surface area contributed by atoms with Gasteiger partial charge < -0.3 is 19.9 Å². The van der Waals surface area contributed by atoms with Crippen molar-refractivity contribution in [3.63, 3.8) is 0 Å². The number of rotatable bonds is 6. The molecule has 1 aliphatic carbocycles. The van der Waals surface area contributed by atoms with Crippen molar-refractivity contribution >= 4 is 34.2 Å². The zero-order valence-corrected chi connectivity index (χ0v) is 23.0. The van der Waals surface area contributed by atoms with E-state index in [0.29, 0.717) is 18.6 Å². The van der Waals surface area contributed by atoms with Crippen LogP contribution in [0.25, 0.3) is 21.8 Å². The van der Waals surface area contributed by atoms with E-state index in [1.54, 1.807) is 6.07 Å². The molecule has 8 heteroatoms. The predicted molar refractivity (Wildman–Crippen MR) is 152 cm³/mol. The minimum absolute atomic E-state index is 0. The summed E-state index contributed by atoms with van der Waals surface area (Å²) in [6.07, 6.45) is 4.16. The lowest BCUT2D eigenvalue weighted by Crippen LogP contribution is -2.46. The van der Waals surface area contributed by atoms with Crippen LogP contribution in [0.3, 0.4) is 0 Å². The van der Waals surface area contributed by atoms with Crippen molar-refractivity contribution in [1.82, 2.24) is 14.9 Å². The van der Waals surface area contributed by atoms with E-state index in [-0.39, 0.29) is 29.8 Å². The van der Waals surface area contributed by atoms with Gasteiger partial charge in [-0.15, -0.1) is 12.4 Å². The second kappa shape index (κ2) is 11.5. The van der Waals surface area contributed by atoms with Crippen LogP contribution in [0.2, 0.25) is 0 Å². The molecule has 1 aliphatic heterocycles. The van der Waals surface area contributed by atoms with Crippen molar-refractivity contribution in [1.29, 1.82) is 0 Å². The Balaban J connectivity index is 0.00000168. The molecule has 38 heavy (non-hydrogen) atoms. The molecule has 6 nitrogen and oxygen atoms in total. The first-order valence-electron chi connectivity index (χ1n) is 13.2. The maximum absolute atomic E-state index is 14.0. The van der Waals surface area contributed by atoms with Gasteiger partial charge in [0.05, 0.1) is 5.52 Å². The Morgan fingerprint density at radius 3 is 2.79 bits per heavy atom. The molecular weight excluding hydrogens is 505 g/mol. The highest BCUT2D eigenvalue weighted by molar-refractivity contribution is 5.88. The average molecular weight is 542 g/mol. The first-order valence-corrected chi connectivity index (χ1v) is 13.2. The topological polar surface area (TPSA) is 81.9 Å². The Bertz CT molecular complexity index is 1430. The number of fused-ring (bicyclic) bond motifs is 6. The van der Waals surface area contributed by atoms with Gasteiger partial charge >= 0.3 is 0 Å². The molecule has 3 atom stereocenters. The number of aryl methyl sites for hydroxylation is 2. The zero-order chi connectivity index (χ0) is 24.8. The van der Waals surface area contributed by atoms with Crippen LogP contribution in [-0.4, -0.2) is 52.2 Å². The molecule has 4 aromatic rings. The fourth-order valence-corrected chi connectivity index (χ4v) is 5.87. The molecule has 0 saturated heterocycles. The molecule has 0 saturated carbocycles. The first-order chi connectivity index (χ1) is 17.5. The molecule has 0 fully saturated rings. The maximum atomic E-state index is 14.0. The van der Waals surface area contributed by atoms with Crippen molar-refractivity contribution in [2.45, 2.75) is 58.6 Å². The summed E-state index contributed by atoms with van der Waals surface area (Å²) in [6, 6.07) is 13.6. The van der Waals surface area contributed by atoms with Crippen molar-refractivity contribution in [3.05, 3.63) is 65.2 Å². The van der Waals surface area contributed by atoms with Gasteiger partial charge in [0.15, 0.2) is 11.5 Å². The van der Waals surface area contributed by atoms with E-state index in [9.17, 15) is 4.39 Å². The van der Waals surface area contributed by atoms with Gasteiger partial charge in [-0.3, -0.25) is 9.88 Å². The van der Waals surface area contributed by atoms with Crippen molar-refractivity contribution in [2.75, 3.05) is 19.7 Å². The maximum Gasteiger partial charge on any atom is 0.171 e. The quantitative estimate of drug-likeness (QED) is 0.334.